The number of benzene rings is 2. The van der Waals surface area contributed by atoms with E-state index in [2.05, 4.69) is 0 Å². The lowest BCUT2D eigenvalue weighted by Gasteiger charge is -2.00. The maximum Gasteiger partial charge on any atom is 0.208 e. The zero-order chi connectivity index (χ0) is 14.8. The summed E-state index contributed by atoms with van der Waals surface area (Å²) in [7, 11) is 0. The molecule has 0 spiro atoms. The SMILES string of the molecule is Cc1ccc2oc(C(=O)CSc3cccc(Cl)c3)cc2c1. The van der Waals surface area contributed by atoms with E-state index in [1.165, 1.54) is 11.8 Å². The maximum atomic E-state index is 12.2. The average molecular weight is 317 g/mol. The van der Waals surface area contributed by atoms with Gasteiger partial charge in [-0.25, -0.2) is 0 Å². The number of hydrogen-bond acceptors (Lipinski definition) is 3. The van der Waals surface area contributed by atoms with Crippen LogP contribution in [0.1, 0.15) is 16.1 Å². The highest BCUT2D eigenvalue weighted by Gasteiger charge is 2.13. The van der Waals surface area contributed by atoms with Crippen LogP contribution in [0.15, 0.2) is 57.8 Å². The first-order chi connectivity index (χ1) is 10.1. The molecule has 2 nitrogen and oxygen atoms in total. The number of hydrogen-bond donors (Lipinski definition) is 0. The smallest absolute Gasteiger partial charge is 0.208 e. The molecule has 0 aliphatic rings. The average Bonchev–Trinajstić information content (AvgIpc) is 2.88. The number of halogens is 1. The molecule has 0 atom stereocenters. The van der Waals surface area contributed by atoms with Crippen molar-refractivity contribution in [2.24, 2.45) is 0 Å². The Morgan fingerprint density at radius 3 is 2.86 bits per heavy atom. The molecule has 21 heavy (non-hydrogen) atoms. The predicted octanol–water partition coefficient (Wildman–Crippen LogP) is 5.37. The summed E-state index contributed by atoms with van der Waals surface area (Å²) in [5, 5.41) is 1.64. The summed E-state index contributed by atoms with van der Waals surface area (Å²) in [5.74, 6) is 0.720. The van der Waals surface area contributed by atoms with Crippen LogP contribution in [0.2, 0.25) is 5.02 Å². The van der Waals surface area contributed by atoms with Crippen molar-refractivity contribution < 1.29 is 9.21 Å². The fraction of sp³-hybridized carbons (Fsp3) is 0.118. The molecule has 1 aromatic heterocycles. The molecule has 0 N–H and O–H groups in total. The molecule has 1 heterocycles. The van der Waals surface area contributed by atoms with Crippen LogP contribution in [0.5, 0.6) is 0 Å². The van der Waals surface area contributed by atoms with Crippen LogP contribution in [0.3, 0.4) is 0 Å². The molecule has 3 rings (SSSR count). The Kier molecular flexibility index (Phi) is 4.04. The minimum atomic E-state index is -0.0196. The molecule has 0 aliphatic heterocycles. The fourth-order valence-electron chi connectivity index (χ4n) is 2.08. The number of Topliss-reactive ketones (excluding diaryl/α,β-unsaturated/α-hetero) is 1. The normalized spacial score (nSPS) is 11.0. The van der Waals surface area contributed by atoms with Crippen molar-refractivity contribution in [3.63, 3.8) is 0 Å². The number of furan rings is 1. The molecule has 4 heteroatoms. The summed E-state index contributed by atoms with van der Waals surface area (Å²) in [4.78, 5) is 13.2. The molecule has 0 saturated carbocycles. The van der Waals surface area contributed by atoms with E-state index in [4.69, 9.17) is 16.0 Å². The van der Waals surface area contributed by atoms with Gasteiger partial charge < -0.3 is 4.42 Å². The number of thioether (sulfide) groups is 1. The van der Waals surface area contributed by atoms with Crippen LogP contribution >= 0.6 is 23.4 Å². The molecule has 0 saturated heterocycles. The van der Waals surface area contributed by atoms with E-state index < -0.39 is 0 Å². The lowest BCUT2D eigenvalue weighted by atomic mass is 10.2. The number of carbonyl (C=O) groups is 1. The van der Waals surface area contributed by atoms with Gasteiger partial charge in [0.2, 0.25) is 5.78 Å². The van der Waals surface area contributed by atoms with E-state index in [1.807, 2.05) is 55.5 Å². The largest absolute Gasteiger partial charge is 0.453 e. The number of rotatable bonds is 4. The lowest BCUT2D eigenvalue weighted by molar-refractivity contribution is 0.0994. The molecule has 106 valence electrons. The molecule has 0 aliphatic carbocycles. The van der Waals surface area contributed by atoms with Crippen LogP contribution in [-0.2, 0) is 0 Å². The van der Waals surface area contributed by atoms with Gasteiger partial charge in [-0.2, -0.15) is 0 Å². The van der Waals surface area contributed by atoms with Gasteiger partial charge in [-0.3, -0.25) is 4.79 Å². The summed E-state index contributed by atoms with van der Waals surface area (Å²) in [6, 6.07) is 15.2. The predicted molar refractivity (Wildman–Crippen MR) is 87.5 cm³/mol. The second-order valence-corrected chi connectivity index (χ2v) is 6.31. The highest BCUT2D eigenvalue weighted by atomic mass is 35.5. The van der Waals surface area contributed by atoms with Crippen molar-refractivity contribution in [1.82, 2.24) is 0 Å². The first-order valence-electron chi connectivity index (χ1n) is 6.53. The third kappa shape index (κ3) is 3.31. The van der Waals surface area contributed by atoms with Gasteiger partial charge in [0.15, 0.2) is 5.76 Å². The van der Waals surface area contributed by atoms with E-state index in [9.17, 15) is 4.79 Å². The summed E-state index contributed by atoms with van der Waals surface area (Å²) >= 11 is 7.39. The molecule has 0 fully saturated rings. The van der Waals surface area contributed by atoms with Gasteiger partial charge in [-0.05, 0) is 43.3 Å². The molecule has 3 aromatic rings. The first-order valence-corrected chi connectivity index (χ1v) is 7.90. The Morgan fingerprint density at radius 1 is 1.19 bits per heavy atom. The van der Waals surface area contributed by atoms with Crippen LogP contribution < -0.4 is 0 Å². The zero-order valence-corrected chi connectivity index (χ0v) is 13.0. The molecule has 0 radical (unpaired) electrons. The Hall–Kier alpha value is -1.71. The second-order valence-electron chi connectivity index (χ2n) is 4.82. The van der Waals surface area contributed by atoms with Crippen molar-refractivity contribution in [3.8, 4) is 0 Å². The van der Waals surface area contributed by atoms with E-state index in [0.717, 1.165) is 21.4 Å². The Balaban J connectivity index is 1.74. The van der Waals surface area contributed by atoms with Crippen LogP contribution in [0.4, 0.5) is 0 Å². The number of aryl methyl sites for hydroxylation is 1. The quantitative estimate of drug-likeness (QED) is 0.479. The van der Waals surface area contributed by atoms with Gasteiger partial charge in [0.05, 0.1) is 5.75 Å². The number of carbonyl (C=O) groups excluding carboxylic acids is 1. The van der Waals surface area contributed by atoms with Crippen molar-refractivity contribution in [3.05, 3.63) is 64.9 Å². The Bertz CT molecular complexity index is 807. The summed E-state index contributed by atoms with van der Waals surface area (Å²) in [6.45, 7) is 2.02. The molecule has 0 amide bonds. The van der Waals surface area contributed by atoms with Crippen molar-refractivity contribution in [2.75, 3.05) is 5.75 Å². The topological polar surface area (TPSA) is 30.2 Å². The van der Waals surface area contributed by atoms with E-state index in [0.29, 0.717) is 16.5 Å². The van der Waals surface area contributed by atoms with E-state index in [-0.39, 0.29) is 5.78 Å². The number of fused-ring (bicyclic) bond motifs is 1. The lowest BCUT2D eigenvalue weighted by Crippen LogP contribution is -2.00. The van der Waals surface area contributed by atoms with E-state index in [1.54, 1.807) is 0 Å². The molecule has 0 unspecified atom stereocenters. The molecule has 0 bridgehead atoms. The highest BCUT2D eigenvalue weighted by Crippen LogP contribution is 2.25. The monoisotopic (exact) mass is 316 g/mol. The third-order valence-corrected chi connectivity index (χ3v) is 4.34. The van der Waals surface area contributed by atoms with Crippen LogP contribution in [-0.4, -0.2) is 11.5 Å². The maximum absolute atomic E-state index is 12.2. The third-order valence-electron chi connectivity index (χ3n) is 3.11. The molecular weight excluding hydrogens is 304 g/mol. The molecular formula is C17H13ClO2S. The van der Waals surface area contributed by atoms with E-state index >= 15 is 0 Å². The summed E-state index contributed by atoms with van der Waals surface area (Å²) in [5.41, 5.74) is 1.90. The van der Waals surface area contributed by atoms with Crippen molar-refractivity contribution in [1.29, 1.82) is 0 Å². The van der Waals surface area contributed by atoms with Crippen molar-refractivity contribution >= 4 is 40.1 Å². The fourth-order valence-corrected chi connectivity index (χ4v) is 3.16. The van der Waals surface area contributed by atoms with Gasteiger partial charge in [0, 0.05) is 15.3 Å². The second kappa shape index (κ2) is 5.96. The highest BCUT2D eigenvalue weighted by molar-refractivity contribution is 8.00. The van der Waals surface area contributed by atoms with Crippen LogP contribution in [0, 0.1) is 6.92 Å². The Morgan fingerprint density at radius 2 is 2.05 bits per heavy atom. The van der Waals surface area contributed by atoms with Gasteiger partial charge in [0.25, 0.3) is 0 Å². The number of ketones is 1. The first kappa shape index (κ1) is 14.2. The van der Waals surface area contributed by atoms with Crippen LogP contribution in [0.25, 0.3) is 11.0 Å². The zero-order valence-electron chi connectivity index (χ0n) is 11.4. The minimum Gasteiger partial charge on any atom is -0.453 e. The Labute approximate surface area is 132 Å². The minimum absolute atomic E-state index is 0.0196. The van der Waals surface area contributed by atoms with Gasteiger partial charge in [0.1, 0.15) is 5.58 Å². The molecule has 2 aromatic carbocycles. The van der Waals surface area contributed by atoms with Crippen molar-refractivity contribution in [2.45, 2.75) is 11.8 Å². The summed E-state index contributed by atoms with van der Waals surface area (Å²) < 4.78 is 5.61. The van der Waals surface area contributed by atoms with Gasteiger partial charge >= 0.3 is 0 Å². The van der Waals surface area contributed by atoms with Gasteiger partial charge in [-0.1, -0.05) is 29.3 Å². The standard InChI is InChI=1S/C17H13ClO2S/c1-11-5-6-16-12(7-11)8-17(20-16)15(19)10-21-14-4-2-3-13(18)9-14/h2-9H,10H2,1H3. The summed E-state index contributed by atoms with van der Waals surface area (Å²) in [6.07, 6.45) is 0. The van der Waals surface area contributed by atoms with Gasteiger partial charge in [-0.15, -0.1) is 11.8 Å².